The van der Waals surface area contributed by atoms with Crippen LogP contribution >= 0.6 is 11.6 Å². The van der Waals surface area contributed by atoms with E-state index in [4.69, 9.17) is 21.1 Å². The molecular formula is C32H38ClN3O6S. The molecule has 0 aliphatic heterocycles. The molecule has 1 saturated carbocycles. The number of ether oxygens (including phenoxy) is 2. The van der Waals surface area contributed by atoms with Crippen LogP contribution in [0.5, 0.6) is 11.5 Å². The van der Waals surface area contributed by atoms with E-state index in [1.807, 2.05) is 6.92 Å². The molecule has 1 atom stereocenters. The number of nitrogens with one attached hydrogen (secondary N) is 1. The molecule has 0 heterocycles. The summed E-state index contributed by atoms with van der Waals surface area (Å²) in [5, 5.41) is 3.55. The number of halogens is 1. The van der Waals surface area contributed by atoms with Crippen molar-refractivity contribution in [1.82, 2.24) is 10.2 Å². The number of anilines is 1. The fourth-order valence-corrected chi connectivity index (χ4v) is 6.95. The van der Waals surface area contributed by atoms with Gasteiger partial charge in [0.25, 0.3) is 10.0 Å². The van der Waals surface area contributed by atoms with Crippen molar-refractivity contribution in [2.45, 2.75) is 62.6 Å². The molecule has 3 aromatic carbocycles. The Morgan fingerprint density at radius 2 is 1.65 bits per heavy atom. The molecule has 9 nitrogen and oxygen atoms in total. The topological polar surface area (TPSA) is 105 Å². The number of sulfonamides is 1. The molecule has 3 aromatic rings. The molecule has 1 aliphatic rings. The van der Waals surface area contributed by atoms with Crippen LogP contribution in [0.1, 0.15) is 44.6 Å². The standard InChI is InChI=1S/C32H38ClN3O6S/c1-4-28(32(38)34-24-13-9-10-14-24)35(21-23-12-8-11-17-27(23)33)31(37)22-36(43(39,40)26-15-6-5-7-16-26)29-20-25(41-2)18-19-30(29)42-3/h5-8,11-12,15-20,24,28H,4,9-10,13-14,21-22H2,1-3H3,(H,34,38)/t28-/m1/s1. The SMILES string of the molecule is CC[C@H](C(=O)NC1CCCC1)N(Cc1ccccc1Cl)C(=O)CN(c1cc(OC)ccc1OC)S(=O)(=O)c1ccccc1. The third-order valence-corrected chi connectivity index (χ3v) is 9.79. The van der Waals surface area contributed by atoms with Crippen LogP contribution in [0.15, 0.2) is 77.7 Å². The smallest absolute Gasteiger partial charge is 0.264 e. The van der Waals surface area contributed by atoms with Gasteiger partial charge in [0.1, 0.15) is 24.1 Å². The third kappa shape index (κ3) is 7.61. The van der Waals surface area contributed by atoms with Gasteiger partial charge in [-0.3, -0.25) is 13.9 Å². The van der Waals surface area contributed by atoms with Gasteiger partial charge in [-0.25, -0.2) is 8.42 Å². The summed E-state index contributed by atoms with van der Waals surface area (Å²) in [4.78, 5) is 29.4. The summed E-state index contributed by atoms with van der Waals surface area (Å²) in [6, 6.07) is 18.9. The fourth-order valence-electron chi connectivity index (χ4n) is 5.32. The molecule has 0 bridgehead atoms. The van der Waals surface area contributed by atoms with Crippen molar-refractivity contribution in [3.63, 3.8) is 0 Å². The molecule has 1 aliphatic carbocycles. The lowest BCUT2D eigenvalue weighted by Gasteiger charge is -2.34. The Hall–Kier alpha value is -3.76. The summed E-state index contributed by atoms with van der Waals surface area (Å²) in [5.74, 6) is -0.229. The summed E-state index contributed by atoms with van der Waals surface area (Å²) >= 11 is 6.49. The predicted molar refractivity (Wildman–Crippen MR) is 167 cm³/mol. The molecule has 0 saturated heterocycles. The maximum atomic E-state index is 14.3. The van der Waals surface area contributed by atoms with E-state index in [0.717, 1.165) is 30.0 Å². The Morgan fingerprint density at radius 1 is 0.977 bits per heavy atom. The fraction of sp³-hybridized carbons (Fsp3) is 0.375. The second-order valence-electron chi connectivity index (χ2n) is 10.4. The lowest BCUT2D eigenvalue weighted by atomic mass is 10.1. The normalized spacial score (nSPS) is 14.1. The lowest BCUT2D eigenvalue weighted by molar-refractivity contribution is -0.140. The summed E-state index contributed by atoms with van der Waals surface area (Å²) in [6.45, 7) is 1.25. The zero-order chi connectivity index (χ0) is 31.0. The minimum absolute atomic E-state index is 0.00338. The summed E-state index contributed by atoms with van der Waals surface area (Å²) in [5.41, 5.74) is 0.765. The van der Waals surface area contributed by atoms with Gasteiger partial charge in [0.2, 0.25) is 11.8 Å². The third-order valence-electron chi connectivity index (χ3n) is 7.65. The van der Waals surface area contributed by atoms with Crippen LogP contribution in [-0.4, -0.2) is 58.0 Å². The van der Waals surface area contributed by atoms with E-state index in [9.17, 15) is 18.0 Å². The van der Waals surface area contributed by atoms with E-state index in [0.29, 0.717) is 22.8 Å². The van der Waals surface area contributed by atoms with Crippen LogP contribution in [-0.2, 0) is 26.2 Å². The summed E-state index contributed by atoms with van der Waals surface area (Å²) in [7, 11) is -1.38. The van der Waals surface area contributed by atoms with Crippen LogP contribution in [0.3, 0.4) is 0 Å². The molecule has 11 heteroatoms. The average molecular weight is 628 g/mol. The van der Waals surface area contributed by atoms with E-state index in [2.05, 4.69) is 5.32 Å². The van der Waals surface area contributed by atoms with Crippen LogP contribution in [0.2, 0.25) is 5.02 Å². The maximum absolute atomic E-state index is 14.3. The van der Waals surface area contributed by atoms with Crippen LogP contribution in [0.4, 0.5) is 5.69 Å². The number of carbonyl (C=O) groups is 2. The number of hydrogen-bond acceptors (Lipinski definition) is 6. The highest BCUT2D eigenvalue weighted by Crippen LogP contribution is 2.36. The van der Waals surface area contributed by atoms with Crippen molar-refractivity contribution in [3.05, 3.63) is 83.4 Å². The maximum Gasteiger partial charge on any atom is 0.264 e. The molecular weight excluding hydrogens is 590 g/mol. The van der Waals surface area contributed by atoms with E-state index in [1.165, 1.54) is 37.3 Å². The van der Waals surface area contributed by atoms with E-state index >= 15 is 0 Å². The second-order valence-corrected chi connectivity index (χ2v) is 12.7. The van der Waals surface area contributed by atoms with Crippen LogP contribution in [0, 0.1) is 0 Å². The van der Waals surface area contributed by atoms with Gasteiger partial charge in [-0.05, 0) is 55.2 Å². The Labute approximate surface area is 258 Å². The largest absolute Gasteiger partial charge is 0.497 e. The zero-order valence-corrected chi connectivity index (χ0v) is 26.2. The molecule has 4 rings (SSSR count). The highest BCUT2D eigenvalue weighted by Gasteiger charge is 2.36. The minimum atomic E-state index is -4.27. The number of amides is 2. The molecule has 1 fully saturated rings. The molecule has 1 N–H and O–H groups in total. The molecule has 43 heavy (non-hydrogen) atoms. The van der Waals surface area contributed by atoms with Crippen molar-refractivity contribution < 1.29 is 27.5 Å². The van der Waals surface area contributed by atoms with Gasteiger partial charge in [0, 0.05) is 23.7 Å². The van der Waals surface area contributed by atoms with Gasteiger partial charge in [-0.1, -0.05) is 67.8 Å². The monoisotopic (exact) mass is 627 g/mol. The lowest BCUT2D eigenvalue weighted by Crippen LogP contribution is -2.53. The van der Waals surface area contributed by atoms with Crippen molar-refractivity contribution in [1.29, 1.82) is 0 Å². The molecule has 230 valence electrons. The average Bonchev–Trinajstić information content (AvgIpc) is 3.53. The van der Waals surface area contributed by atoms with Gasteiger partial charge in [0.05, 0.1) is 24.8 Å². The summed E-state index contributed by atoms with van der Waals surface area (Å²) < 4.78 is 40.2. The van der Waals surface area contributed by atoms with Gasteiger partial charge >= 0.3 is 0 Å². The highest BCUT2D eigenvalue weighted by molar-refractivity contribution is 7.92. The van der Waals surface area contributed by atoms with Gasteiger partial charge < -0.3 is 19.7 Å². The quantitative estimate of drug-likeness (QED) is 0.271. The van der Waals surface area contributed by atoms with Crippen LogP contribution in [0.25, 0.3) is 0 Å². The number of hydrogen-bond donors (Lipinski definition) is 1. The second kappa shape index (κ2) is 14.6. The number of benzene rings is 3. The van der Waals surface area contributed by atoms with Crippen molar-refractivity contribution in [3.8, 4) is 11.5 Å². The molecule has 0 unspecified atom stereocenters. The summed E-state index contributed by atoms with van der Waals surface area (Å²) in [6.07, 6.45) is 4.18. The van der Waals surface area contributed by atoms with E-state index in [-0.39, 0.29) is 34.8 Å². The Bertz CT molecular complexity index is 1510. The first kappa shape index (κ1) is 32.2. The van der Waals surface area contributed by atoms with Gasteiger partial charge in [0.15, 0.2) is 0 Å². The molecule has 2 amide bonds. The van der Waals surface area contributed by atoms with E-state index in [1.54, 1.807) is 54.6 Å². The van der Waals surface area contributed by atoms with Crippen LogP contribution < -0.4 is 19.1 Å². The zero-order valence-electron chi connectivity index (χ0n) is 24.7. The number of methoxy groups -OCH3 is 2. The number of carbonyl (C=O) groups excluding carboxylic acids is 2. The van der Waals surface area contributed by atoms with Crippen molar-refractivity contribution in [2.75, 3.05) is 25.1 Å². The Balaban J connectivity index is 1.78. The first-order chi connectivity index (χ1) is 20.7. The van der Waals surface area contributed by atoms with Crippen molar-refractivity contribution in [2.24, 2.45) is 0 Å². The predicted octanol–water partition coefficient (Wildman–Crippen LogP) is 5.42. The number of rotatable bonds is 13. The number of nitrogens with zero attached hydrogens (tertiary/aromatic N) is 2. The Morgan fingerprint density at radius 3 is 2.28 bits per heavy atom. The molecule has 0 spiro atoms. The van der Waals surface area contributed by atoms with Gasteiger partial charge in [-0.2, -0.15) is 0 Å². The first-order valence-corrected chi connectivity index (χ1v) is 16.1. The van der Waals surface area contributed by atoms with Gasteiger partial charge in [-0.15, -0.1) is 0 Å². The van der Waals surface area contributed by atoms with Crippen molar-refractivity contribution >= 4 is 39.1 Å². The van der Waals surface area contributed by atoms with E-state index < -0.39 is 28.5 Å². The minimum Gasteiger partial charge on any atom is -0.497 e. The molecule has 0 radical (unpaired) electrons. The first-order valence-electron chi connectivity index (χ1n) is 14.3. The molecule has 0 aromatic heterocycles. The highest BCUT2D eigenvalue weighted by atomic mass is 35.5. The Kier molecular flexibility index (Phi) is 10.9.